The van der Waals surface area contributed by atoms with E-state index in [4.69, 9.17) is 9.47 Å². The Labute approximate surface area is 87.8 Å². The third-order valence-corrected chi connectivity index (χ3v) is 1.79. The van der Waals surface area contributed by atoms with E-state index in [-0.39, 0.29) is 11.9 Å². The summed E-state index contributed by atoms with van der Waals surface area (Å²) in [5.74, 6) is 0.675. The lowest BCUT2D eigenvalue weighted by Gasteiger charge is -2.15. The molecule has 6 nitrogen and oxygen atoms in total. The van der Waals surface area contributed by atoms with E-state index in [2.05, 4.69) is 9.97 Å². The van der Waals surface area contributed by atoms with Crippen LogP contribution in [-0.2, 0) is 0 Å². The van der Waals surface area contributed by atoms with Crippen molar-refractivity contribution >= 4 is 12.1 Å². The Bertz CT molecular complexity index is 366. The monoisotopic (exact) mass is 211 g/mol. The first-order chi connectivity index (χ1) is 7.13. The molecule has 0 bridgehead atoms. The maximum absolute atomic E-state index is 10.9. The first kappa shape index (κ1) is 11.2. The van der Waals surface area contributed by atoms with Gasteiger partial charge in [0.25, 0.3) is 0 Å². The van der Waals surface area contributed by atoms with Gasteiger partial charge in [-0.1, -0.05) is 0 Å². The Morgan fingerprint density at radius 3 is 2.27 bits per heavy atom. The average molecular weight is 211 g/mol. The number of anilines is 1. The van der Waals surface area contributed by atoms with Gasteiger partial charge in [-0.05, 0) is 0 Å². The molecule has 0 N–H and O–H groups in total. The highest BCUT2D eigenvalue weighted by atomic mass is 16.5. The Morgan fingerprint density at radius 2 is 1.87 bits per heavy atom. The van der Waals surface area contributed by atoms with Crippen LogP contribution < -0.4 is 14.4 Å². The van der Waals surface area contributed by atoms with Gasteiger partial charge in [-0.3, -0.25) is 4.79 Å². The molecule has 0 unspecified atom stereocenters. The summed E-state index contributed by atoms with van der Waals surface area (Å²) in [5, 5.41) is 0. The van der Waals surface area contributed by atoms with E-state index >= 15 is 0 Å². The van der Waals surface area contributed by atoms with Crippen molar-refractivity contribution < 1.29 is 14.3 Å². The number of hydrogen-bond acceptors (Lipinski definition) is 6. The third-order valence-electron chi connectivity index (χ3n) is 1.79. The maximum atomic E-state index is 10.9. The van der Waals surface area contributed by atoms with Crippen molar-refractivity contribution in [2.45, 2.75) is 0 Å². The largest absolute Gasteiger partial charge is 0.480 e. The molecule has 0 aliphatic carbocycles. The number of aldehydes is 1. The predicted octanol–water partition coefficient (Wildman–Crippen LogP) is 0.372. The van der Waals surface area contributed by atoms with Gasteiger partial charge in [0, 0.05) is 14.1 Å². The van der Waals surface area contributed by atoms with Crippen LogP contribution in [0.1, 0.15) is 10.4 Å². The van der Waals surface area contributed by atoms with Crippen molar-refractivity contribution in [1.29, 1.82) is 0 Å². The van der Waals surface area contributed by atoms with Crippen LogP contribution in [0.15, 0.2) is 0 Å². The number of carbonyl (C=O) groups is 1. The number of rotatable bonds is 4. The highest BCUT2D eigenvalue weighted by molar-refractivity contribution is 5.86. The molecule has 1 aromatic heterocycles. The fourth-order valence-electron chi connectivity index (χ4n) is 1.11. The van der Waals surface area contributed by atoms with E-state index < -0.39 is 0 Å². The van der Waals surface area contributed by atoms with E-state index in [1.54, 1.807) is 19.0 Å². The number of ether oxygens (including phenoxy) is 2. The minimum absolute atomic E-state index is 0.168. The van der Waals surface area contributed by atoms with Crippen molar-refractivity contribution in [2.24, 2.45) is 0 Å². The Hall–Kier alpha value is -1.85. The number of carbonyl (C=O) groups excluding carboxylic acids is 1. The fourth-order valence-corrected chi connectivity index (χ4v) is 1.11. The second-order valence-electron chi connectivity index (χ2n) is 2.97. The molecule has 1 heterocycles. The molecule has 0 aromatic carbocycles. The molecule has 0 fully saturated rings. The maximum Gasteiger partial charge on any atom is 0.321 e. The number of methoxy groups -OCH3 is 2. The predicted molar refractivity (Wildman–Crippen MR) is 54.9 cm³/mol. The average Bonchev–Trinajstić information content (AvgIpc) is 2.26. The normalized spacial score (nSPS) is 9.60. The van der Waals surface area contributed by atoms with Crippen LogP contribution in [0.4, 0.5) is 5.82 Å². The molecule has 0 spiro atoms. The molecule has 15 heavy (non-hydrogen) atoms. The second kappa shape index (κ2) is 4.59. The van der Waals surface area contributed by atoms with Gasteiger partial charge < -0.3 is 14.4 Å². The molecular formula is C9H13N3O3. The summed E-state index contributed by atoms with van der Waals surface area (Å²) >= 11 is 0. The molecule has 82 valence electrons. The van der Waals surface area contributed by atoms with E-state index in [0.29, 0.717) is 17.7 Å². The van der Waals surface area contributed by atoms with E-state index in [1.165, 1.54) is 14.2 Å². The molecule has 0 aliphatic heterocycles. The van der Waals surface area contributed by atoms with Crippen LogP contribution >= 0.6 is 0 Å². The third kappa shape index (κ3) is 2.15. The minimum Gasteiger partial charge on any atom is -0.480 e. The summed E-state index contributed by atoms with van der Waals surface area (Å²) in [7, 11) is 6.44. The molecule has 0 radical (unpaired) electrons. The number of nitrogens with zero attached hydrogens (tertiary/aromatic N) is 3. The van der Waals surface area contributed by atoms with Crippen molar-refractivity contribution in [1.82, 2.24) is 9.97 Å². The standard InChI is InChI=1S/C9H13N3O3/c1-12(2)7-6(5-13)8(14-3)11-9(10-7)15-4/h5H,1-4H3. The summed E-state index contributed by atoms with van der Waals surface area (Å²) in [4.78, 5) is 20.5. The highest BCUT2D eigenvalue weighted by Crippen LogP contribution is 2.25. The fraction of sp³-hybridized carbons (Fsp3) is 0.444. The molecule has 0 amide bonds. The summed E-state index contributed by atoms with van der Waals surface area (Å²) in [6.45, 7) is 0. The SMILES string of the molecule is COc1nc(OC)c(C=O)c(N(C)C)n1. The molecule has 6 heteroatoms. The lowest BCUT2D eigenvalue weighted by Crippen LogP contribution is -2.15. The van der Waals surface area contributed by atoms with Gasteiger partial charge in [-0.25, -0.2) is 0 Å². The van der Waals surface area contributed by atoms with Crippen molar-refractivity contribution in [2.75, 3.05) is 33.2 Å². The molecule has 0 saturated heterocycles. The van der Waals surface area contributed by atoms with Gasteiger partial charge in [0.1, 0.15) is 11.4 Å². The van der Waals surface area contributed by atoms with Gasteiger partial charge in [-0.2, -0.15) is 9.97 Å². The van der Waals surface area contributed by atoms with Gasteiger partial charge in [-0.15, -0.1) is 0 Å². The summed E-state index contributed by atoms with van der Waals surface area (Å²) < 4.78 is 9.88. The van der Waals surface area contributed by atoms with Gasteiger partial charge >= 0.3 is 6.01 Å². The molecule has 0 aliphatic rings. The summed E-state index contributed by atoms with van der Waals surface area (Å²) in [6, 6.07) is 0.168. The van der Waals surface area contributed by atoms with Gasteiger partial charge in [0.05, 0.1) is 14.2 Å². The van der Waals surface area contributed by atoms with Crippen LogP contribution in [0, 0.1) is 0 Å². The summed E-state index contributed by atoms with van der Waals surface area (Å²) in [6.07, 6.45) is 0.660. The Balaban J connectivity index is 3.38. The number of hydrogen-bond donors (Lipinski definition) is 0. The lowest BCUT2D eigenvalue weighted by molar-refractivity contribution is 0.112. The minimum atomic E-state index is 0.168. The second-order valence-corrected chi connectivity index (χ2v) is 2.97. The van der Waals surface area contributed by atoms with Crippen LogP contribution in [0.25, 0.3) is 0 Å². The first-order valence-corrected chi connectivity index (χ1v) is 4.26. The van der Waals surface area contributed by atoms with Crippen LogP contribution in [0.5, 0.6) is 11.9 Å². The highest BCUT2D eigenvalue weighted by Gasteiger charge is 2.16. The first-order valence-electron chi connectivity index (χ1n) is 4.26. The van der Waals surface area contributed by atoms with E-state index in [1.807, 2.05) is 0 Å². The molecular weight excluding hydrogens is 198 g/mol. The molecule has 0 saturated carbocycles. The summed E-state index contributed by atoms with van der Waals surface area (Å²) in [5.41, 5.74) is 0.309. The van der Waals surface area contributed by atoms with Crippen molar-refractivity contribution in [3.8, 4) is 11.9 Å². The smallest absolute Gasteiger partial charge is 0.321 e. The van der Waals surface area contributed by atoms with Crippen LogP contribution in [-0.4, -0.2) is 44.6 Å². The topological polar surface area (TPSA) is 64.6 Å². The van der Waals surface area contributed by atoms with Gasteiger partial charge in [0.15, 0.2) is 6.29 Å². The zero-order valence-electron chi connectivity index (χ0n) is 9.14. The molecule has 1 rings (SSSR count). The number of aromatic nitrogens is 2. The van der Waals surface area contributed by atoms with Gasteiger partial charge in [0.2, 0.25) is 5.88 Å². The lowest BCUT2D eigenvalue weighted by atomic mass is 10.3. The van der Waals surface area contributed by atoms with E-state index in [0.717, 1.165) is 0 Å². The Kier molecular flexibility index (Phi) is 3.43. The van der Waals surface area contributed by atoms with Crippen LogP contribution in [0.2, 0.25) is 0 Å². The Morgan fingerprint density at radius 1 is 1.20 bits per heavy atom. The van der Waals surface area contributed by atoms with Crippen molar-refractivity contribution in [3.05, 3.63) is 5.56 Å². The van der Waals surface area contributed by atoms with Crippen LogP contribution in [0.3, 0.4) is 0 Å². The van der Waals surface area contributed by atoms with E-state index in [9.17, 15) is 4.79 Å². The van der Waals surface area contributed by atoms with Crippen molar-refractivity contribution in [3.63, 3.8) is 0 Å². The molecule has 0 atom stereocenters. The quantitative estimate of drug-likeness (QED) is 0.670. The zero-order valence-corrected chi connectivity index (χ0v) is 9.14. The zero-order chi connectivity index (χ0) is 11.4. The molecule has 1 aromatic rings.